The van der Waals surface area contributed by atoms with Crippen LogP contribution in [0.25, 0.3) is 11.1 Å². The molecule has 2 nitrogen and oxygen atoms in total. The molecule has 0 saturated heterocycles. The normalized spacial score (nSPS) is 10.0. The fraction of sp³-hybridized carbons (Fsp3) is 0.0500. The second kappa shape index (κ2) is 9.20. The number of esters is 1. The summed E-state index contributed by atoms with van der Waals surface area (Å²) in [5.41, 5.74) is 3.59. The number of carbonyl (C=O) groups excluding carboxylic acids is 1. The van der Waals surface area contributed by atoms with Crippen molar-refractivity contribution in [3.05, 3.63) is 88.7 Å². The first kappa shape index (κ1) is 20.5. The van der Waals surface area contributed by atoms with E-state index in [1.165, 1.54) is 17.7 Å². The molecule has 0 aliphatic rings. The summed E-state index contributed by atoms with van der Waals surface area (Å²) in [5.74, 6) is -1.38. The molecule has 0 unspecified atom stereocenters. The van der Waals surface area contributed by atoms with Gasteiger partial charge in [0.2, 0.25) is 0 Å². The molecule has 0 saturated carbocycles. The smallest absolute Gasteiger partial charge is 0.448 e. The third-order valence-corrected chi connectivity index (χ3v) is 3.91. The summed E-state index contributed by atoms with van der Waals surface area (Å²) in [4.78, 5) is 12.2. The summed E-state index contributed by atoms with van der Waals surface area (Å²) in [6, 6.07) is 20.1. The number of hydrogen-bond donors (Lipinski definition) is 0. The molecule has 3 rings (SSSR count). The summed E-state index contributed by atoms with van der Waals surface area (Å²) >= 11 is 5.76. The van der Waals surface area contributed by atoms with Crippen LogP contribution >= 0.6 is 11.6 Å². The van der Waals surface area contributed by atoms with Crippen LogP contribution in [0.5, 0.6) is 5.75 Å². The van der Waals surface area contributed by atoms with Gasteiger partial charge in [0.05, 0.1) is 5.56 Å². The molecular weight excluding hydrogens is 412 g/mol. The van der Waals surface area contributed by atoms with Crippen LogP contribution in [0.15, 0.2) is 60.7 Å². The Bertz CT molecular complexity index is 877. The number of halogens is 2. The van der Waals surface area contributed by atoms with Gasteiger partial charge in [-0.2, -0.15) is 17.7 Å². The standard InChI is InChI=1S/C20H13ClFO2.Rb/c1-13-5-7-14(8-6-13)15-9-11-16(12-10-15)20(23)24-18-4-2-3-17(22)19(18)21;/h2,4-12H,1H3;/q-1;+1. The monoisotopic (exact) mass is 424 g/mol. The molecule has 0 radical (unpaired) electrons. The molecule has 25 heavy (non-hydrogen) atoms. The van der Waals surface area contributed by atoms with Gasteiger partial charge in [0.25, 0.3) is 0 Å². The molecule has 0 aromatic heterocycles. The first-order chi connectivity index (χ1) is 11.5. The summed E-state index contributed by atoms with van der Waals surface area (Å²) in [6.07, 6.45) is 0. The number of benzene rings is 3. The molecule has 0 atom stereocenters. The Balaban J connectivity index is 0.00000225. The summed E-state index contributed by atoms with van der Waals surface area (Å²) < 4.78 is 18.5. The Hall–Kier alpha value is -0.845. The Morgan fingerprint density at radius 2 is 1.56 bits per heavy atom. The molecule has 3 aromatic rings. The van der Waals surface area contributed by atoms with Gasteiger partial charge in [0.15, 0.2) is 0 Å². The molecule has 0 spiro atoms. The predicted molar refractivity (Wildman–Crippen MR) is 91.8 cm³/mol. The van der Waals surface area contributed by atoms with Gasteiger partial charge >= 0.3 is 64.2 Å². The maximum Gasteiger partial charge on any atom is 1.00 e. The maximum atomic E-state index is 13.3. The predicted octanol–water partition coefficient (Wildman–Crippen LogP) is 2.48. The molecule has 0 amide bonds. The average molecular weight is 425 g/mol. The third-order valence-electron chi connectivity index (χ3n) is 3.56. The van der Waals surface area contributed by atoms with Gasteiger partial charge in [-0.15, -0.1) is 12.1 Å². The number of aryl methyl sites for hydroxylation is 1. The zero-order chi connectivity index (χ0) is 17.1. The van der Waals surface area contributed by atoms with Crippen molar-refractivity contribution >= 4 is 17.6 Å². The minimum absolute atomic E-state index is 0. The van der Waals surface area contributed by atoms with E-state index < -0.39 is 11.8 Å². The van der Waals surface area contributed by atoms with Crippen molar-refractivity contribution < 1.29 is 72.1 Å². The zero-order valence-corrected chi connectivity index (χ0v) is 19.5. The van der Waals surface area contributed by atoms with Crippen molar-refractivity contribution in [3.63, 3.8) is 0 Å². The Labute approximate surface area is 199 Å². The van der Waals surface area contributed by atoms with E-state index in [1.54, 1.807) is 12.1 Å². The van der Waals surface area contributed by atoms with Gasteiger partial charge in [-0.25, -0.2) is 9.18 Å². The van der Waals surface area contributed by atoms with Crippen LogP contribution in [0.1, 0.15) is 15.9 Å². The number of hydrogen-bond acceptors (Lipinski definition) is 2. The Morgan fingerprint density at radius 3 is 2.16 bits per heavy atom. The zero-order valence-electron chi connectivity index (χ0n) is 13.8. The van der Waals surface area contributed by atoms with Crippen molar-refractivity contribution in [2.24, 2.45) is 0 Å². The molecule has 0 aliphatic carbocycles. The minimum Gasteiger partial charge on any atom is -0.448 e. The molecule has 5 heteroatoms. The van der Waals surface area contributed by atoms with E-state index >= 15 is 0 Å². The largest absolute Gasteiger partial charge is 1.00 e. The molecule has 0 bridgehead atoms. The molecule has 0 fully saturated rings. The van der Waals surface area contributed by atoms with E-state index in [1.807, 2.05) is 43.3 Å². The van der Waals surface area contributed by atoms with E-state index in [0.29, 0.717) is 5.56 Å². The van der Waals surface area contributed by atoms with Gasteiger partial charge < -0.3 is 4.74 Å². The van der Waals surface area contributed by atoms with E-state index in [9.17, 15) is 9.18 Å². The minimum atomic E-state index is -0.753. The second-order valence-electron chi connectivity index (χ2n) is 5.30. The van der Waals surface area contributed by atoms with Crippen LogP contribution in [0.3, 0.4) is 0 Å². The number of rotatable bonds is 3. The average Bonchev–Trinajstić information content (AvgIpc) is 2.60. The van der Waals surface area contributed by atoms with Crippen molar-refractivity contribution in [3.8, 4) is 16.9 Å². The summed E-state index contributed by atoms with van der Waals surface area (Å²) in [5, 5.41) is -0.262. The fourth-order valence-electron chi connectivity index (χ4n) is 2.22. The van der Waals surface area contributed by atoms with Crippen molar-refractivity contribution in [2.75, 3.05) is 0 Å². The van der Waals surface area contributed by atoms with Gasteiger partial charge in [-0.05, 0) is 30.2 Å². The van der Waals surface area contributed by atoms with Crippen molar-refractivity contribution in [1.82, 2.24) is 0 Å². The van der Waals surface area contributed by atoms with Gasteiger partial charge in [-0.3, -0.25) is 0 Å². The third kappa shape index (κ3) is 5.08. The van der Waals surface area contributed by atoms with Gasteiger partial charge in [-0.1, -0.05) is 42.0 Å². The second-order valence-corrected chi connectivity index (χ2v) is 5.68. The van der Waals surface area contributed by atoms with E-state index in [2.05, 4.69) is 6.07 Å². The van der Waals surface area contributed by atoms with E-state index in [4.69, 9.17) is 16.3 Å². The van der Waals surface area contributed by atoms with Crippen LogP contribution in [0, 0.1) is 18.8 Å². The summed E-state index contributed by atoms with van der Waals surface area (Å²) in [7, 11) is 0. The Morgan fingerprint density at radius 1 is 1.00 bits per heavy atom. The SMILES string of the molecule is Cc1ccc(-c2ccc(C(=O)Oc3cc[c-]c(F)c3Cl)cc2)cc1.[Rb+]. The van der Waals surface area contributed by atoms with Gasteiger partial charge in [0.1, 0.15) is 0 Å². The molecule has 0 N–H and O–H groups in total. The first-order valence-electron chi connectivity index (χ1n) is 7.29. The Kier molecular flexibility index (Phi) is 7.53. The fourth-order valence-corrected chi connectivity index (χ4v) is 2.37. The topological polar surface area (TPSA) is 26.3 Å². The summed E-state index contributed by atoms with van der Waals surface area (Å²) in [6.45, 7) is 2.03. The molecule has 3 aromatic carbocycles. The molecule has 120 valence electrons. The van der Waals surface area contributed by atoms with Crippen LogP contribution in [0.4, 0.5) is 4.39 Å². The van der Waals surface area contributed by atoms with Crippen LogP contribution in [-0.2, 0) is 0 Å². The van der Waals surface area contributed by atoms with E-state index in [0.717, 1.165) is 11.1 Å². The maximum absolute atomic E-state index is 13.3. The van der Waals surface area contributed by atoms with Crippen LogP contribution in [0.2, 0.25) is 5.02 Å². The number of carbonyl (C=O) groups is 1. The molecule has 0 heterocycles. The van der Waals surface area contributed by atoms with Gasteiger partial charge in [0, 0.05) is 16.6 Å². The van der Waals surface area contributed by atoms with Crippen molar-refractivity contribution in [2.45, 2.75) is 6.92 Å². The van der Waals surface area contributed by atoms with E-state index in [-0.39, 0.29) is 69.0 Å². The molecular formula is C20H13ClFO2Rb. The first-order valence-corrected chi connectivity index (χ1v) is 7.67. The quantitative estimate of drug-likeness (QED) is 0.366. The number of ether oxygens (including phenoxy) is 1. The van der Waals surface area contributed by atoms with Crippen LogP contribution < -0.4 is 62.9 Å². The van der Waals surface area contributed by atoms with Crippen LogP contribution in [-0.4, -0.2) is 5.97 Å². The molecule has 0 aliphatic heterocycles. The van der Waals surface area contributed by atoms with Crippen molar-refractivity contribution in [1.29, 1.82) is 0 Å².